The molecule has 0 saturated carbocycles. The lowest BCUT2D eigenvalue weighted by Crippen LogP contribution is -2.28. The van der Waals surface area contributed by atoms with Gasteiger partial charge in [0.05, 0.1) is 27.8 Å². The molecular weight excluding hydrogens is 382 g/mol. The van der Waals surface area contributed by atoms with Gasteiger partial charge in [0.15, 0.2) is 11.5 Å². The zero-order valence-corrected chi connectivity index (χ0v) is 17.6. The van der Waals surface area contributed by atoms with Gasteiger partial charge in [-0.15, -0.1) is 0 Å². The van der Waals surface area contributed by atoms with Gasteiger partial charge in [0, 0.05) is 31.9 Å². The van der Waals surface area contributed by atoms with Gasteiger partial charge in [0.2, 0.25) is 11.7 Å². The molecule has 0 bridgehead atoms. The van der Waals surface area contributed by atoms with Gasteiger partial charge in [-0.25, -0.2) is 4.98 Å². The first-order chi connectivity index (χ1) is 14.6. The van der Waals surface area contributed by atoms with Crippen LogP contribution in [0.5, 0.6) is 17.2 Å². The third-order valence-electron chi connectivity index (χ3n) is 4.76. The van der Waals surface area contributed by atoms with Crippen molar-refractivity contribution in [3.05, 3.63) is 71.8 Å². The number of nitrogens with zero attached hydrogens (tertiary/aromatic N) is 2. The largest absolute Gasteiger partial charge is 0.493 e. The van der Waals surface area contributed by atoms with Crippen molar-refractivity contribution in [1.29, 1.82) is 0 Å². The van der Waals surface area contributed by atoms with Crippen LogP contribution in [-0.2, 0) is 24.2 Å². The highest BCUT2D eigenvalue weighted by molar-refractivity contribution is 5.79. The van der Waals surface area contributed by atoms with Crippen LogP contribution in [0, 0.1) is 0 Å². The standard InChI is InChI=1S/C23H27N3O4/c1-28-19-13-18(14-20(29-2)23(19)30-3)15-22(27)25-10-9-21-24-11-12-26(21)16-17-7-5-4-6-8-17/h4-8,11-14H,9-10,15-16H2,1-3H3,(H,25,27). The number of carbonyl (C=O) groups is 1. The molecule has 0 radical (unpaired) electrons. The van der Waals surface area contributed by atoms with E-state index in [1.807, 2.05) is 24.4 Å². The van der Waals surface area contributed by atoms with Crippen molar-refractivity contribution in [2.75, 3.05) is 27.9 Å². The maximum absolute atomic E-state index is 12.4. The van der Waals surface area contributed by atoms with Crippen molar-refractivity contribution >= 4 is 5.91 Å². The molecule has 158 valence electrons. The Morgan fingerprint density at radius 2 is 1.70 bits per heavy atom. The Labute approximate surface area is 176 Å². The summed E-state index contributed by atoms with van der Waals surface area (Å²) in [6, 6.07) is 13.8. The van der Waals surface area contributed by atoms with E-state index in [0.29, 0.717) is 30.2 Å². The molecule has 1 heterocycles. The van der Waals surface area contributed by atoms with E-state index in [1.54, 1.807) is 39.7 Å². The van der Waals surface area contributed by atoms with Gasteiger partial charge in [-0.2, -0.15) is 0 Å². The second-order valence-electron chi connectivity index (χ2n) is 6.77. The van der Waals surface area contributed by atoms with Crippen LogP contribution in [0.4, 0.5) is 0 Å². The monoisotopic (exact) mass is 409 g/mol. The van der Waals surface area contributed by atoms with Crippen molar-refractivity contribution in [2.24, 2.45) is 0 Å². The van der Waals surface area contributed by atoms with Gasteiger partial charge in [-0.1, -0.05) is 30.3 Å². The van der Waals surface area contributed by atoms with Crippen molar-refractivity contribution in [3.63, 3.8) is 0 Å². The highest BCUT2D eigenvalue weighted by Crippen LogP contribution is 2.38. The summed E-state index contributed by atoms with van der Waals surface area (Å²) in [7, 11) is 4.66. The molecule has 1 aromatic heterocycles. The third kappa shape index (κ3) is 5.31. The molecule has 0 saturated heterocycles. The van der Waals surface area contributed by atoms with Gasteiger partial charge in [0.25, 0.3) is 0 Å². The van der Waals surface area contributed by atoms with Gasteiger partial charge >= 0.3 is 0 Å². The molecule has 0 aliphatic rings. The number of rotatable bonds is 10. The van der Waals surface area contributed by atoms with Crippen molar-refractivity contribution < 1.29 is 19.0 Å². The number of benzene rings is 2. The van der Waals surface area contributed by atoms with Crippen molar-refractivity contribution in [2.45, 2.75) is 19.4 Å². The number of imidazole rings is 1. The smallest absolute Gasteiger partial charge is 0.224 e. The Morgan fingerprint density at radius 3 is 2.33 bits per heavy atom. The molecule has 0 fully saturated rings. The SMILES string of the molecule is COc1cc(CC(=O)NCCc2nccn2Cc2ccccc2)cc(OC)c1OC. The van der Waals surface area contributed by atoms with Gasteiger partial charge in [-0.05, 0) is 23.3 Å². The first-order valence-corrected chi connectivity index (χ1v) is 9.74. The predicted octanol–water partition coefficient (Wildman–Crippen LogP) is 2.86. The second kappa shape index (κ2) is 10.3. The van der Waals surface area contributed by atoms with E-state index < -0.39 is 0 Å². The third-order valence-corrected chi connectivity index (χ3v) is 4.76. The topological polar surface area (TPSA) is 74.6 Å². The normalized spacial score (nSPS) is 10.5. The predicted molar refractivity (Wildman–Crippen MR) is 114 cm³/mol. The number of hydrogen-bond acceptors (Lipinski definition) is 5. The number of amides is 1. The Morgan fingerprint density at radius 1 is 1.00 bits per heavy atom. The molecule has 0 aliphatic carbocycles. The fraction of sp³-hybridized carbons (Fsp3) is 0.304. The summed E-state index contributed by atoms with van der Waals surface area (Å²) in [6.45, 7) is 1.27. The summed E-state index contributed by atoms with van der Waals surface area (Å²) in [5.41, 5.74) is 2.00. The van der Waals surface area contributed by atoms with E-state index in [-0.39, 0.29) is 12.3 Å². The number of methoxy groups -OCH3 is 3. The average molecular weight is 409 g/mol. The Balaban J connectivity index is 1.56. The molecule has 7 heteroatoms. The molecule has 3 rings (SSSR count). The molecule has 0 spiro atoms. The van der Waals surface area contributed by atoms with Crippen LogP contribution >= 0.6 is 0 Å². The van der Waals surface area contributed by atoms with Crippen LogP contribution in [0.15, 0.2) is 54.9 Å². The first kappa shape index (κ1) is 21.2. The number of ether oxygens (including phenoxy) is 3. The number of nitrogens with one attached hydrogen (secondary N) is 1. The number of hydrogen-bond donors (Lipinski definition) is 1. The summed E-state index contributed by atoms with van der Waals surface area (Å²) in [5, 5.41) is 2.96. The minimum atomic E-state index is -0.0783. The summed E-state index contributed by atoms with van der Waals surface area (Å²) in [6.07, 6.45) is 4.62. The van der Waals surface area contributed by atoms with Gasteiger partial charge in [0.1, 0.15) is 5.82 Å². The van der Waals surface area contributed by atoms with E-state index in [1.165, 1.54) is 5.56 Å². The lowest BCUT2D eigenvalue weighted by atomic mass is 10.1. The number of carbonyl (C=O) groups excluding carboxylic acids is 1. The molecule has 1 N–H and O–H groups in total. The molecule has 7 nitrogen and oxygen atoms in total. The summed E-state index contributed by atoms with van der Waals surface area (Å²) in [5.74, 6) is 2.43. The average Bonchev–Trinajstić information content (AvgIpc) is 3.20. The Kier molecular flexibility index (Phi) is 7.32. The van der Waals surface area contributed by atoms with Crippen LogP contribution in [0.1, 0.15) is 17.0 Å². The molecule has 3 aromatic rings. The van der Waals surface area contributed by atoms with Crippen LogP contribution < -0.4 is 19.5 Å². The summed E-state index contributed by atoms with van der Waals surface area (Å²) in [4.78, 5) is 16.8. The Hall–Kier alpha value is -3.48. The molecular formula is C23H27N3O4. The quantitative estimate of drug-likeness (QED) is 0.557. The van der Waals surface area contributed by atoms with Crippen LogP contribution in [0.2, 0.25) is 0 Å². The minimum Gasteiger partial charge on any atom is -0.493 e. The van der Waals surface area contributed by atoms with Crippen LogP contribution in [0.3, 0.4) is 0 Å². The number of aromatic nitrogens is 2. The summed E-state index contributed by atoms with van der Waals surface area (Å²) < 4.78 is 18.1. The van der Waals surface area contributed by atoms with Gasteiger partial charge < -0.3 is 24.1 Å². The Bertz CT molecular complexity index is 945. The molecule has 2 aromatic carbocycles. The van der Waals surface area contributed by atoms with Crippen LogP contribution in [0.25, 0.3) is 0 Å². The maximum atomic E-state index is 12.4. The van der Waals surface area contributed by atoms with E-state index in [0.717, 1.165) is 17.9 Å². The first-order valence-electron chi connectivity index (χ1n) is 9.74. The van der Waals surface area contributed by atoms with E-state index in [9.17, 15) is 4.79 Å². The van der Waals surface area contributed by atoms with E-state index in [2.05, 4.69) is 27.0 Å². The lowest BCUT2D eigenvalue weighted by molar-refractivity contribution is -0.120. The molecule has 0 atom stereocenters. The van der Waals surface area contributed by atoms with Gasteiger partial charge in [-0.3, -0.25) is 4.79 Å². The molecule has 0 aliphatic heterocycles. The highest BCUT2D eigenvalue weighted by Gasteiger charge is 2.15. The molecule has 30 heavy (non-hydrogen) atoms. The van der Waals surface area contributed by atoms with E-state index in [4.69, 9.17) is 14.2 Å². The molecule has 0 unspecified atom stereocenters. The van der Waals surface area contributed by atoms with E-state index >= 15 is 0 Å². The fourth-order valence-electron chi connectivity index (χ4n) is 3.29. The van der Waals surface area contributed by atoms with Crippen molar-refractivity contribution in [1.82, 2.24) is 14.9 Å². The van der Waals surface area contributed by atoms with Crippen LogP contribution in [-0.4, -0.2) is 43.3 Å². The lowest BCUT2D eigenvalue weighted by Gasteiger charge is -2.14. The zero-order chi connectivity index (χ0) is 21.3. The van der Waals surface area contributed by atoms with Crippen molar-refractivity contribution in [3.8, 4) is 17.2 Å². The zero-order valence-electron chi connectivity index (χ0n) is 17.6. The fourth-order valence-corrected chi connectivity index (χ4v) is 3.29. The molecule has 1 amide bonds. The highest BCUT2D eigenvalue weighted by atomic mass is 16.5. The minimum absolute atomic E-state index is 0.0783. The summed E-state index contributed by atoms with van der Waals surface area (Å²) >= 11 is 0. The second-order valence-corrected chi connectivity index (χ2v) is 6.77. The maximum Gasteiger partial charge on any atom is 0.224 e.